The van der Waals surface area contributed by atoms with Crippen LogP contribution in [0.2, 0.25) is 0 Å². The van der Waals surface area contributed by atoms with Gasteiger partial charge in [0.25, 0.3) is 0 Å². The van der Waals surface area contributed by atoms with E-state index in [0.717, 1.165) is 25.1 Å². The van der Waals surface area contributed by atoms with Gasteiger partial charge in [-0.3, -0.25) is 4.79 Å². The zero-order valence-electron chi connectivity index (χ0n) is 10.1. The van der Waals surface area contributed by atoms with Crippen LogP contribution in [0.5, 0.6) is 0 Å². The minimum atomic E-state index is 0. The van der Waals surface area contributed by atoms with Crippen molar-refractivity contribution in [1.82, 2.24) is 10.2 Å². The van der Waals surface area contributed by atoms with Crippen molar-refractivity contribution >= 4 is 18.3 Å². The molecule has 17 heavy (non-hydrogen) atoms. The van der Waals surface area contributed by atoms with E-state index >= 15 is 0 Å². The summed E-state index contributed by atoms with van der Waals surface area (Å²) in [4.78, 5) is 13.9. The van der Waals surface area contributed by atoms with Crippen molar-refractivity contribution in [2.75, 3.05) is 20.1 Å². The van der Waals surface area contributed by atoms with Gasteiger partial charge >= 0.3 is 0 Å². The lowest BCUT2D eigenvalue weighted by Crippen LogP contribution is -2.39. The van der Waals surface area contributed by atoms with E-state index in [4.69, 9.17) is 0 Å². The molecule has 0 aromatic heterocycles. The summed E-state index contributed by atoms with van der Waals surface area (Å²) in [5.41, 5.74) is 1.09. The lowest BCUT2D eigenvalue weighted by atomic mass is 10.1. The van der Waals surface area contributed by atoms with Crippen LogP contribution in [-0.4, -0.2) is 37.0 Å². The quantitative estimate of drug-likeness (QED) is 0.886. The molecule has 1 saturated heterocycles. The highest BCUT2D eigenvalue weighted by Crippen LogP contribution is 2.09. The number of benzene rings is 1. The van der Waals surface area contributed by atoms with Gasteiger partial charge in [-0.15, -0.1) is 12.4 Å². The van der Waals surface area contributed by atoms with Gasteiger partial charge in [0.05, 0.1) is 6.42 Å². The van der Waals surface area contributed by atoms with E-state index in [0.29, 0.717) is 12.5 Å². The van der Waals surface area contributed by atoms with Crippen molar-refractivity contribution in [2.45, 2.75) is 18.9 Å². The predicted molar refractivity (Wildman–Crippen MR) is 71.4 cm³/mol. The molecule has 1 heterocycles. The summed E-state index contributed by atoms with van der Waals surface area (Å²) in [6, 6.07) is 10.3. The molecule has 1 amide bonds. The van der Waals surface area contributed by atoms with E-state index in [1.807, 2.05) is 42.3 Å². The Bertz CT molecular complexity index is 350. The number of hydrogen-bond acceptors (Lipinski definition) is 2. The maximum Gasteiger partial charge on any atom is 0.227 e. The van der Waals surface area contributed by atoms with Gasteiger partial charge in [-0.05, 0) is 18.5 Å². The summed E-state index contributed by atoms with van der Waals surface area (Å²) in [7, 11) is 1.91. The third kappa shape index (κ3) is 3.72. The number of amides is 1. The number of carbonyl (C=O) groups excluding carboxylic acids is 1. The Labute approximate surface area is 109 Å². The normalized spacial score (nSPS) is 18.5. The van der Waals surface area contributed by atoms with Crippen LogP contribution >= 0.6 is 12.4 Å². The number of hydrogen-bond donors (Lipinski definition) is 1. The van der Waals surface area contributed by atoms with Gasteiger partial charge in [-0.25, -0.2) is 0 Å². The highest BCUT2D eigenvalue weighted by Gasteiger charge is 2.22. The van der Waals surface area contributed by atoms with Gasteiger partial charge in [-0.1, -0.05) is 30.3 Å². The lowest BCUT2D eigenvalue weighted by Gasteiger charge is -2.23. The molecule has 1 N–H and O–H groups in total. The van der Waals surface area contributed by atoms with E-state index in [1.165, 1.54) is 0 Å². The van der Waals surface area contributed by atoms with Gasteiger partial charge in [0.1, 0.15) is 0 Å². The van der Waals surface area contributed by atoms with Crippen molar-refractivity contribution < 1.29 is 4.79 Å². The summed E-state index contributed by atoms with van der Waals surface area (Å²) < 4.78 is 0. The summed E-state index contributed by atoms with van der Waals surface area (Å²) >= 11 is 0. The largest absolute Gasteiger partial charge is 0.341 e. The van der Waals surface area contributed by atoms with Crippen molar-refractivity contribution in [2.24, 2.45) is 0 Å². The van der Waals surface area contributed by atoms with E-state index < -0.39 is 0 Å². The molecule has 1 atom stereocenters. The zero-order valence-corrected chi connectivity index (χ0v) is 10.9. The van der Waals surface area contributed by atoms with Crippen LogP contribution in [-0.2, 0) is 11.2 Å². The average Bonchev–Trinajstić information content (AvgIpc) is 2.83. The second-order valence-corrected chi connectivity index (χ2v) is 4.31. The fourth-order valence-corrected chi connectivity index (χ4v) is 2.07. The number of rotatable bonds is 3. The SMILES string of the molecule is CN(C(=O)Cc1ccccc1)[C@@H]1CCNC1.Cl. The molecule has 1 aliphatic heterocycles. The van der Waals surface area contributed by atoms with Crippen molar-refractivity contribution in [3.63, 3.8) is 0 Å². The molecule has 0 saturated carbocycles. The predicted octanol–water partition coefficient (Wildman–Crippen LogP) is 1.47. The third-order valence-corrected chi connectivity index (χ3v) is 3.17. The van der Waals surface area contributed by atoms with E-state index in [9.17, 15) is 4.79 Å². The van der Waals surface area contributed by atoms with Gasteiger partial charge in [0, 0.05) is 19.6 Å². The highest BCUT2D eigenvalue weighted by atomic mass is 35.5. The number of likely N-dealkylation sites (N-methyl/N-ethyl adjacent to an activating group) is 1. The first-order chi connectivity index (χ1) is 7.77. The van der Waals surface area contributed by atoms with Crippen LogP contribution < -0.4 is 5.32 Å². The summed E-state index contributed by atoms with van der Waals surface area (Å²) in [6.45, 7) is 1.95. The number of nitrogens with one attached hydrogen (secondary N) is 1. The summed E-state index contributed by atoms with van der Waals surface area (Å²) in [5.74, 6) is 0.208. The first-order valence-electron chi connectivity index (χ1n) is 5.77. The molecule has 94 valence electrons. The number of nitrogens with zero attached hydrogens (tertiary/aromatic N) is 1. The Balaban J connectivity index is 0.00000144. The van der Waals surface area contributed by atoms with Gasteiger partial charge < -0.3 is 10.2 Å². The highest BCUT2D eigenvalue weighted by molar-refractivity contribution is 5.85. The minimum Gasteiger partial charge on any atom is -0.341 e. The molecule has 0 unspecified atom stereocenters. The van der Waals surface area contributed by atoms with Gasteiger partial charge in [0.2, 0.25) is 5.91 Å². The monoisotopic (exact) mass is 254 g/mol. The molecule has 0 radical (unpaired) electrons. The molecule has 1 aliphatic rings. The molecule has 0 bridgehead atoms. The zero-order chi connectivity index (χ0) is 11.4. The number of carbonyl (C=O) groups is 1. The van der Waals surface area contributed by atoms with Crippen molar-refractivity contribution in [1.29, 1.82) is 0 Å². The molecule has 1 fully saturated rings. The molecule has 0 spiro atoms. The maximum absolute atomic E-state index is 12.0. The van der Waals surface area contributed by atoms with E-state index in [1.54, 1.807) is 0 Å². The smallest absolute Gasteiger partial charge is 0.227 e. The summed E-state index contributed by atoms with van der Waals surface area (Å²) in [5, 5.41) is 3.28. The molecule has 3 nitrogen and oxygen atoms in total. The molecule has 0 aliphatic carbocycles. The lowest BCUT2D eigenvalue weighted by molar-refractivity contribution is -0.130. The van der Waals surface area contributed by atoms with Crippen molar-refractivity contribution in [3.8, 4) is 0 Å². The van der Waals surface area contributed by atoms with Crippen LogP contribution in [0, 0.1) is 0 Å². The minimum absolute atomic E-state index is 0. The van der Waals surface area contributed by atoms with Crippen molar-refractivity contribution in [3.05, 3.63) is 35.9 Å². The standard InChI is InChI=1S/C13H18N2O.ClH/c1-15(12-7-8-14-10-12)13(16)9-11-5-3-2-4-6-11;/h2-6,12,14H,7-10H2,1H3;1H/t12-;/m1./s1. The summed E-state index contributed by atoms with van der Waals surface area (Å²) in [6.07, 6.45) is 1.57. The molecule has 1 aromatic carbocycles. The van der Waals surface area contributed by atoms with Crippen LogP contribution in [0.15, 0.2) is 30.3 Å². The fraction of sp³-hybridized carbons (Fsp3) is 0.462. The van der Waals surface area contributed by atoms with E-state index in [-0.39, 0.29) is 18.3 Å². The molecule has 1 aromatic rings. The molecular weight excluding hydrogens is 236 g/mol. The average molecular weight is 255 g/mol. The Morgan fingerprint density at radius 3 is 2.71 bits per heavy atom. The number of halogens is 1. The van der Waals surface area contributed by atoms with Crippen LogP contribution in [0.1, 0.15) is 12.0 Å². The van der Waals surface area contributed by atoms with Crippen LogP contribution in [0.25, 0.3) is 0 Å². The Hall–Kier alpha value is -1.06. The maximum atomic E-state index is 12.0. The second-order valence-electron chi connectivity index (χ2n) is 4.31. The molecular formula is C13H19ClN2O. The molecule has 2 rings (SSSR count). The Morgan fingerprint density at radius 1 is 1.41 bits per heavy atom. The third-order valence-electron chi connectivity index (χ3n) is 3.17. The van der Waals surface area contributed by atoms with Crippen LogP contribution in [0.3, 0.4) is 0 Å². The van der Waals surface area contributed by atoms with Crippen LogP contribution in [0.4, 0.5) is 0 Å². The van der Waals surface area contributed by atoms with Gasteiger partial charge in [-0.2, -0.15) is 0 Å². The molecule has 4 heteroatoms. The Morgan fingerprint density at radius 2 is 2.12 bits per heavy atom. The van der Waals surface area contributed by atoms with Gasteiger partial charge in [0.15, 0.2) is 0 Å². The first kappa shape index (κ1) is 14.0. The topological polar surface area (TPSA) is 32.3 Å². The fourth-order valence-electron chi connectivity index (χ4n) is 2.07. The van der Waals surface area contributed by atoms with E-state index in [2.05, 4.69) is 5.32 Å². The Kier molecular flexibility index (Phi) is 5.45. The second kappa shape index (κ2) is 6.62. The first-order valence-corrected chi connectivity index (χ1v) is 5.77.